The average Bonchev–Trinajstić information content (AvgIpc) is 3.36. The van der Waals surface area contributed by atoms with Crippen LogP contribution in [0.3, 0.4) is 0 Å². The van der Waals surface area contributed by atoms with Gasteiger partial charge in [-0.2, -0.15) is 0 Å². The molecule has 0 aliphatic heterocycles. The number of amides is 1. The number of nitrogens with one attached hydrogen (secondary N) is 1. The van der Waals surface area contributed by atoms with Gasteiger partial charge < -0.3 is 28.5 Å². The van der Waals surface area contributed by atoms with E-state index in [9.17, 15) is 19.0 Å². The number of esters is 1. The first-order chi connectivity index (χ1) is 35.9. The Balaban J connectivity index is 5.34. The zero-order valence-corrected chi connectivity index (χ0v) is 49.9. The predicted molar refractivity (Wildman–Crippen MR) is 316 cm³/mol. The molecule has 0 saturated carbocycles. The Morgan fingerprint density at radius 3 is 1.28 bits per heavy atom. The lowest BCUT2D eigenvalue weighted by Gasteiger charge is -2.30. The molecule has 0 spiro atoms. The second-order valence-corrected chi connectivity index (χ2v) is 23.3. The van der Waals surface area contributed by atoms with Crippen molar-refractivity contribution in [2.24, 2.45) is 0 Å². The summed E-state index contributed by atoms with van der Waals surface area (Å²) in [5, 5.41) is 3.01. The second kappa shape index (κ2) is 53.8. The fourth-order valence-electron chi connectivity index (χ4n) is 8.56. The van der Waals surface area contributed by atoms with Crippen molar-refractivity contribution in [3.05, 3.63) is 72.9 Å². The smallest absolute Gasteiger partial charge is 0.306 e. The highest BCUT2D eigenvalue weighted by Gasteiger charge is 2.27. The lowest BCUT2D eigenvalue weighted by atomic mass is 10.0. The number of phosphoric ester groups is 1. The number of unbranched alkanes of at least 4 members (excludes halogenated alkanes) is 29. The Labute approximate surface area is 457 Å². The first kappa shape index (κ1) is 71.5. The number of phosphoric acid groups is 1. The van der Waals surface area contributed by atoms with E-state index in [-0.39, 0.29) is 24.9 Å². The third kappa shape index (κ3) is 54.2. The van der Waals surface area contributed by atoms with Crippen LogP contribution in [0.15, 0.2) is 72.9 Å². The summed E-state index contributed by atoms with van der Waals surface area (Å²) in [6.07, 6.45) is 68.6. The molecule has 0 aromatic carbocycles. The third-order valence-electron chi connectivity index (χ3n) is 13.4. The van der Waals surface area contributed by atoms with Gasteiger partial charge in [-0.05, 0) is 102 Å². The molecule has 0 heterocycles. The molecule has 74 heavy (non-hydrogen) atoms. The maximum absolute atomic E-state index is 13.5. The van der Waals surface area contributed by atoms with Gasteiger partial charge in [0.15, 0.2) is 0 Å². The fourth-order valence-corrected chi connectivity index (χ4v) is 9.28. The lowest BCUT2D eigenvalue weighted by molar-refractivity contribution is -0.870. The molecule has 0 bridgehead atoms. The van der Waals surface area contributed by atoms with Crippen LogP contribution in [0, 0.1) is 0 Å². The predicted octanol–water partition coefficient (Wildman–Crippen LogP) is 18.2. The van der Waals surface area contributed by atoms with Crippen LogP contribution in [0.5, 0.6) is 0 Å². The fraction of sp³-hybridized carbons (Fsp3) is 0.781. The van der Waals surface area contributed by atoms with E-state index in [0.29, 0.717) is 30.3 Å². The summed E-state index contributed by atoms with van der Waals surface area (Å²) in [6.45, 7) is 6.79. The zero-order chi connectivity index (χ0) is 54.3. The van der Waals surface area contributed by atoms with Crippen molar-refractivity contribution in [1.29, 1.82) is 0 Å². The van der Waals surface area contributed by atoms with Crippen LogP contribution in [-0.4, -0.2) is 69.4 Å². The summed E-state index contributed by atoms with van der Waals surface area (Å²) in [5.74, 6) is -0.579. The van der Waals surface area contributed by atoms with E-state index < -0.39 is 26.6 Å². The van der Waals surface area contributed by atoms with E-state index in [1.165, 1.54) is 128 Å². The highest BCUT2D eigenvalue weighted by atomic mass is 31.2. The molecule has 3 atom stereocenters. The van der Waals surface area contributed by atoms with Gasteiger partial charge in [0.25, 0.3) is 7.82 Å². The molecule has 9 nitrogen and oxygen atoms in total. The molecule has 0 radical (unpaired) electrons. The second-order valence-electron chi connectivity index (χ2n) is 21.8. The molecule has 3 unspecified atom stereocenters. The summed E-state index contributed by atoms with van der Waals surface area (Å²) in [5.41, 5.74) is 0. The monoisotopic (exact) mass is 1060 g/mol. The largest absolute Gasteiger partial charge is 0.756 e. The highest BCUT2D eigenvalue weighted by Crippen LogP contribution is 2.38. The van der Waals surface area contributed by atoms with Crippen molar-refractivity contribution in [2.45, 2.75) is 283 Å². The molecule has 0 aromatic heterocycles. The van der Waals surface area contributed by atoms with Crippen LogP contribution in [0.2, 0.25) is 0 Å². The van der Waals surface area contributed by atoms with Crippen molar-refractivity contribution in [2.75, 3.05) is 40.9 Å². The Morgan fingerprint density at radius 2 is 0.824 bits per heavy atom. The lowest BCUT2D eigenvalue weighted by Crippen LogP contribution is -2.47. The van der Waals surface area contributed by atoms with Gasteiger partial charge in [-0.25, -0.2) is 0 Å². The number of quaternary nitrogens is 1. The Morgan fingerprint density at radius 1 is 0.473 bits per heavy atom. The number of likely N-dealkylation sites (N-methyl/N-ethyl adjacent to an activating group) is 1. The summed E-state index contributed by atoms with van der Waals surface area (Å²) in [4.78, 5) is 39.9. The molecule has 0 rings (SSSR count). The van der Waals surface area contributed by atoms with Crippen LogP contribution in [0.25, 0.3) is 0 Å². The number of carbonyl (C=O) groups excluding carboxylic acids is 2. The minimum Gasteiger partial charge on any atom is -0.756 e. The van der Waals surface area contributed by atoms with E-state index in [2.05, 4.69) is 86.8 Å². The van der Waals surface area contributed by atoms with Gasteiger partial charge in [-0.1, -0.05) is 229 Å². The zero-order valence-electron chi connectivity index (χ0n) is 49.0. The normalized spacial score (nSPS) is 14.2. The Kier molecular flexibility index (Phi) is 52.0. The summed E-state index contributed by atoms with van der Waals surface area (Å²) < 4.78 is 30.3. The van der Waals surface area contributed by atoms with E-state index in [1.54, 1.807) is 0 Å². The molecule has 1 amide bonds. The Hall–Kier alpha value is -2.55. The topological polar surface area (TPSA) is 114 Å². The highest BCUT2D eigenvalue weighted by molar-refractivity contribution is 7.45. The standard InChI is InChI=1S/C64H117N2O7P/c1-7-10-13-16-19-22-25-28-30-31-32-33-34-35-36-39-42-45-48-51-54-57-64(68)73-62(55-52-49-46-43-40-37-27-24-21-18-15-12-9-3)61(60-72-74(69,70)71-59-58-66(4,5)6)65-63(67)56-53-50-47-44-41-38-29-26-23-20-17-14-11-8-2/h19,22,28,30,32-33,35-36,38,41,52,55,61-62H,7-18,20-21,23-27,29,31,34,37,39-40,42-51,53-54,56-60H2,1-6H3,(H-,65,67,69,70)/b22-19-,30-28-,33-32-,36-35-,41-38-,55-52-. The van der Waals surface area contributed by atoms with Crippen LogP contribution in [0.4, 0.5) is 0 Å². The molecule has 0 aromatic rings. The van der Waals surface area contributed by atoms with E-state index in [1.807, 2.05) is 33.3 Å². The van der Waals surface area contributed by atoms with Gasteiger partial charge in [-0.15, -0.1) is 0 Å². The van der Waals surface area contributed by atoms with Crippen LogP contribution >= 0.6 is 7.82 Å². The minimum absolute atomic E-state index is 0.0303. The summed E-state index contributed by atoms with van der Waals surface area (Å²) in [7, 11) is 1.16. The van der Waals surface area contributed by atoms with Crippen molar-refractivity contribution in [3.8, 4) is 0 Å². The van der Waals surface area contributed by atoms with Gasteiger partial charge in [0, 0.05) is 12.8 Å². The van der Waals surface area contributed by atoms with E-state index in [4.69, 9.17) is 13.8 Å². The number of allylic oxidation sites excluding steroid dienone is 11. The summed E-state index contributed by atoms with van der Waals surface area (Å²) in [6, 6.07) is -0.906. The van der Waals surface area contributed by atoms with E-state index >= 15 is 0 Å². The maximum atomic E-state index is 13.5. The van der Waals surface area contributed by atoms with Crippen LogP contribution in [-0.2, 0) is 27.9 Å². The van der Waals surface area contributed by atoms with Gasteiger partial charge >= 0.3 is 5.97 Å². The van der Waals surface area contributed by atoms with Gasteiger partial charge in [0.1, 0.15) is 19.3 Å². The van der Waals surface area contributed by atoms with Crippen molar-refractivity contribution < 1.29 is 37.3 Å². The number of carbonyl (C=O) groups is 2. The average molecular weight is 1060 g/mol. The first-order valence-corrected chi connectivity index (χ1v) is 32.2. The van der Waals surface area contributed by atoms with Crippen molar-refractivity contribution >= 4 is 19.7 Å². The summed E-state index contributed by atoms with van der Waals surface area (Å²) >= 11 is 0. The quantitative estimate of drug-likeness (QED) is 0.0212. The minimum atomic E-state index is -4.71. The molecule has 0 saturated heterocycles. The number of rotatable bonds is 55. The number of hydrogen-bond donors (Lipinski definition) is 1. The number of hydrogen-bond acceptors (Lipinski definition) is 7. The van der Waals surface area contributed by atoms with E-state index in [0.717, 1.165) is 96.3 Å². The number of ether oxygens (including phenoxy) is 1. The van der Waals surface area contributed by atoms with Gasteiger partial charge in [0.2, 0.25) is 5.91 Å². The molecular weight excluding hydrogens is 940 g/mol. The Bertz CT molecular complexity index is 1500. The number of nitrogens with zero attached hydrogens (tertiary/aromatic N) is 1. The molecular formula is C64H117N2O7P. The SMILES string of the molecule is CCCCC/C=C\C/C=C\C/C=C\C/C=C\CCCCCCCC(=O)OC(/C=C\CCCCCCCCCCCCC)C(COP(=O)([O-])OCC[N+](C)(C)C)NC(=O)CCCCC/C=C\CCCCCCCCC. The first-order valence-electron chi connectivity index (χ1n) is 30.7. The van der Waals surface area contributed by atoms with Gasteiger partial charge in [-0.3, -0.25) is 14.2 Å². The van der Waals surface area contributed by atoms with Gasteiger partial charge in [0.05, 0.1) is 33.8 Å². The molecule has 0 fully saturated rings. The van der Waals surface area contributed by atoms with Crippen LogP contribution < -0.4 is 10.2 Å². The van der Waals surface area contributed by atoms with Crippen LogP contribution in [0.1, 0.15) is 271 Å². The van der Waals surface area contributed by atoms with Crippen molar-refractivity contribution in [1.82, 2.24) is 5.32 Å². The van der Waals surface area contributed by atoms with Crippen molar-refractivity contribution in [3.63, 3.8) is 0 Å². The third-order valence-corrected chi connectivity index (χ3v) is 14.3. The molecule has 10 heteroatoms. The molecule has 0 aliphatic rings. The molecule has 430 valence electrons. The molecule has 1 N–H and O–H groups in total. The molecule has 0 aliphatic carbocycles. The maximum Gasteiger partial charge on any atom is 0.306 e.